The molecule has 0 saturated heterocycles. The quantitative estimate of drug-likeness (QED) is 0.648. The number of carbonyl (C=O) groups is 1. The first-order chi connectivity index (χ1) is 10.2. The lowest BCUT2D eigenvalue weighted by Crippen LogP contribution is -2.27. The van der Waals surface area contributed by atoms with E-state index in [2.05, 4.69) is 10.3 Å². The monoisotopic (exact) mass is 285 g/mol. The minimum atomic E-state index is -0.476. The molecule has 6 nitrogen and oxygen atoms in total. The van der Waals surface area contributed by atoms with E-state index in [0.29, 0.717) is 18.5 Å². The number of nitro benzene ring substituents is 1. The predicted octanol–water partition coefficient (Wildman–Crippen LogP) is 1.89. The molecule has 1 aromatic carbocycles. The van der Waals surface area contributed by atoms with Gasteiger partial charge in [0.05, 0.1) is 11.3 Å². The van der Waals surface area contributed by atoms with Crippen LogP contribution in [-0.4, -0.2) is 22.4 Å². The topological polar surface area (TPSA) is 85.1 Å². The van der Waals surface area contributed by atoms with Crippen molar-refractivity contribution in [3.63, 3.8) is 0 Å². The van der Waals surface area contributed by atoms with Crippen LogP contribution in [-0.2, 0) is 17.6 Å². The number of hydrogen-bond donors (Lipinski definition) is 1. The van der Waals surface area contributed by atoms with Crippen LogP contribution in [0.4, 0.5) is 5.69 Å². The smallest absolute Gasteiger partial charge is 0.273 e. The highest BCUT2D eigenvalue weighted by molar-refractivity contribution is 5.79. The van der Waals surface area contributed by atoms with Crippen LogP contribution in [0.3, 0.4) is 0 Å². The summed E-state index contributed by atoms with van der Waals surface area (Å²) < 4.78 is 0. The van der Waals surface area contributed by atoms with Gasteiger partial charge in [-0.25, -0.2) is 0 Å². The molecule has 0 fully saturated rings. The van der Waals surface area contributed by atoms with E-state index >= 15 is 0 Å². The van der Waals surface area contributed by atoms with Crippen LogP contribution < -0.4 is 5.32 Å². The number of carbonyl (C=O) groups excluding carboxylic acids is 1. The zero-order valence-corrected chi connectivity index (χ0v) is 11.4. The van der Waals surface area contributed by atoms with Crippen molar-refractivity contribution in [2.24, 2.45) is 0 Å². The van der Waals surface area contributed by atoms with Crippen molar-refractivity contribution in [2.45, 2.75) is 12.8 Å². The van der Waals surface area contributed by atoms with E-state index in [1.165, 1.54) is 6.07 Å². The molecule has 1 heterocycles. The molecule has 108 valence electrons. The minimum Gasteiger partial charge on any atom is -0.355 e. The Morgan fingerprint density at radius 3 is 2.67 bits per heavy atom. The Morgan fingerprint density at radius 1 is 1.19 bits per heavy atom. The molecule has 0 unspecified atom stereocenters. The lowest BCUT2D eigenvalue weighted by Gasteiger charge is -2.05. The van der Waals surface area contributed by atoms with Gasteiger partial charge in [0.1, 0.15) is 0 Å². The van der Waals surface area contributed by atoms with E-state index < -0.39 is 4.92 Å². The second kappa shape index (κ2) is 7.14. The highest BCUT2D eigenvalue weighted by Gasteiger charge is 2.15. The third-order valence-electron chi connectivity index (χ3n) is 2.97. The summed E-state index contributed by atoms with van der Waals surface area (Å²) in [6.07, 6.45) is 2.33. The van der Waals surface area contributed by atoms with Crippen molar-refractivity contribution in [3.8, 4) is 0 Å². The molecular formula is C15H15N3O3. The third kappa shape index (κ3) is 4.38. The Balaban J connectivity index is 1.86. The summed E-state index contributed by atoms with van der Waals surface area (Å²) >= 11 is 0. The molecule has 0 aliphatic carbocycles. The first-order valence-electron chi connectivity index (χ1n) is 6.55. The fourth-order valence-corrected chi connectivity index (χ4v) is 1.95. The zero-order valence-electron chi connectivity index (χ0n) is 11.4. The molecule has 1 aromatic heterocycles. The van der Waals surface area contributed by atoms with E-state index in [-0.39, 0.29) is 18.0 Å². The van der Waals surface area contributed by atoms with Crippen LogP contribution >= 0.6 is 0 Å². The normalized spacial score (nSPS) is 10.1. The highest BCUT2D eigenvalue weighted by Crippen LogP contribution is 2.17. The minimum absolute atomic E-state index is 0.000623. The lowest BCUT2D eigenvalue weighted by atomic mass is 10.1. The molecule has 0 atom stereocenters. The van der Waals surface area contributed by atoms with Crippen molar-refractivity contribution >= 4 is 11.6 Å². The number of benzene rings is 1. The van der Waals surface area contributed by atoms with Crippen molar-refractivity contribution < 1.29 is 9.72 Å². The van der Waals surface area contributed by atoms with Gasteiger partial charge in [0.25, 0.3) is 5.69 Å². The van der Waals surface area contributed by atoms with Gasteiger partial charge < -0.3 is 5.32 Å². The van der Waals surface area contributed by atoms with Crippen LogP contribution in [0.5, 0.6) is 0 Å². The Morgan fingerprint density at radius 2 is 1.95 bits per heavy atom. The molecule has 1 N–H and O–H groups in total. The van der Waals surface area contributed by atoms with Gasteiger partial charge in [0.15, 0.2) is 0 Å². The van der Waals surface area contributed by atoms with E-state index in [0.717, 1.165) is 5.69 Å². The first-order valence-corrected chi connectivity index (χ1v) is 6.55. The molecule has 0 radical (unpaired) electrons. The highest BCUT2D eigenvalue weighted by atomic mass is 16.6. The molecule has 2 rings (SSSR count). The average molecular weight is 285 g/mol. The van der Waals surface area contributed by atoms with Gasteiger partial charge in [-0.15, -0.1) is 0 Å². The van der Waals surface area contributed by atoms with E-state index in [9.17, 15) is 14.9 Å². The van der Waals surface area contributed by atoms with Gasteiger partial charge in [-0.05, 0) is 12.1 Å². The number of para-hydroxylation sites is 1. The molecule has 0 bridgehead atoms. The zero-order chi connectivity index (χ0) is 15.1. The molecule has 0 aliphatic rings. The van der Waals surface area contributed by atoms with Crippen LogP contribution in [0.2, 0.25) is 0 Å². The summed E-state index contributed by atoms with van der Waals surface area (Å²) in [5.74, 6) is -0.236. The number of hydrogen-bond acceptors (Lipinski definition) is 4. The van der Waals surface area contributed by atoms with E-state index in [1.807, 2.05) is 18.2 Å². The largest absolute Gasteiger partial charge is 0.355 e. The number of nitro groups is 1. The van der Waals surface area contributed by atoms with Crippen molar-refractivity contribution in [3.05, 3.63) is 70.0 Å². The summed E-state index contributed by atoms with van der Waals surface area (Å²) in [5, 5.41) is 13.6. The molecule has 0 spiro atoms. The number of rotatable bonds is 6. The maximum absolute atomic E-state index is 11.8. The first kappa shape index (κ1) is 14.6. The molecule has 1 amide bonds. The summed E-state index contributed by atoms with van der Waals surface area (Å²) in [6, 6.07) is 11.9. The van der Waals surface area contributed by atoms with Gasteiger partial charge in [0, 0.05) is 36.5 Å². The molecule has 6 heteroatoms. The third-order valence-corrected chi connectivity index (χ3v) is 2.97. The number of nitrogens with zero attached hydrogens (tertiary/aromatic N) is 2. The Kier molecular flexibility index (Phi) is 4.98. The Bertz CT molecular complexity index is 629. The predicted molar refractivity (Wildman–Crippen MR) is 77.8 cm³/mol. The number of aromatic nitrogens is 1. The lowest BCUT2D eigenvalue weighted by molar-refractivity contribution is -0.385. The molecule has 2 aromatic rings. The van der Waals surface area contributed by atoms with Crippen LogP contribution in [0.25, 0.3) is 0 Å². The van der Waals surface area contributed by atoms with Gasteiger partial charge in [0.2, 0.25) is 5.91 Å². The molecular weight excluding hydrogens is 270 g/mol. The second-order valence-electron chi connectivity index (χ2n) is 4.48. The number of amides is 1. The van der Waals surface area contributed by atoms with Crippen molar-refractivity contribution in [1.29, 1.82) is 0 Å². The van der Waals surface area contributed by atoms with E-state index in [1.54, 1.807) is 24.4 Å². The van der Waals surface area contributed by atoms with Gasteiger partial charge in [-0.3, -0.25) is 19.9 Å². The standard InChI is InChI=1S/C15H15N3O3/c19-15(17-10-8-13-6-3-4-9-16-13)11-12-5-1-2-7-14(12)18(20)21/h1-7,9H,8,10-11H2,(H,17,19). The molecule has 21 heavy (non-hydrogen) atoms. The van der Waals surface area contributed by atoms with Crippen LogP contribution in [0.15, 0.2) is 48.7 Å². The molecule has 0 aliphatic heterocycles. The summed E-state index contributed by atoms with van der Waals surface area (Å²) in [6.45, 7) is 0.455. The van der Waals surface area contributed by atoms with E-state index in [4.69, 9.17) is 0 Å². The van der Waals surface area contributed by atoms with Crippen molar-refractivity contribution in [2.75, 3.05) is 6.54 Å². The van der Waals surface area contributed by atoms with Crippen LogP contribution in [0, 0.1) is 10.1 Å². The summed E-state index contributed by atoms with van der Waals surface area (Å²) in [4.78, 5) is 26.4. The number of pyridine rings is 1. The van der Waals surface area contributed by atoms with Gasteiger partial charge >= 0.3 is 0 Å². The SMILES string of the molecule is O=C(Cc1ccccc1[N+](=O)[O-])NCCc1ccccn1. The number of nitrogens with one attached hydrogen (secondary N) is 1. The Hall–Kier alpha value is -2.76. The second-order valence-corrected chi connectivity index (χ2v) is 4.48. The maximum atomic E-state index is 11.8. The van der Waals surface area contributed by atoms with Crippen molar-refractivity contribution in [1.82, 2.24) is 10.3 Å². The van der Waals surface area contributed by atoms with Crippen LogP contribution in [0.1, 0.15) is 11.3 Å². The van der Waals surface area contributed by atoms with Gasteiger partial charge in [-0.1, -0.05) is 24.3 Å². The fourth-order valence-electron chi connectivity index (χ4n) is 1.95. The van der Waals surface area contributed by atoms with Gasteiger partial charge in [-0.2, -0.15) is 0 Å². The fraction of sp³-hybridized carbons (Fsp3) is 0.200. The average Bonchev–Trinajstić information content (AvgIpc) is 2.48. The summed E-state index contributed by atoms with van der Waals surface area (Å²) in [7, 11) is 0. The summed E-state index contributed by atoms with van der Waals surface area (Å²) in [5.41, 5.74) is 1.28. The Labute approximate surface area is 122 Å². The maximum Gasteiger partial charge on any atom is 0.273 e. The molecule has 0 saturated carbocycles.